The highest BCUT2D eigenvalue weighted by Crippen LogP contribution is 2.43. The van der Waals surface area contributed by atoms with E-state index < -0.39 is 88.5 Å². The van der Waals surface area contributed by atoms with E-state index in [2.05, 4.69) is 42.7 Å². The summed E-state index contributed by atoms with van der Waals surface area (Å²) in [7, 11) is -4.71. The van der Waals surface area contributed by atoms with Crippen molar-refractivity contribution in [1.29, 1.82) is 0 Å². The molecule has 1 fully saturated rings. The average Bonchev–Trinajstić information content (AvgIpc) is 3.47. The van der Waals surface area contributed by atoms with Crippen LogP contribution in [0, 0.1) is 11.8 Å². The molecular formula is C44H77O14P. The Morgan fingerprint density at radius 1 is 0.729 bits per heavy atom. The third-order valence-electron chi connectivity index (χ3n) is 10.2. The molecule has 1 saturated carbocycles. The molecule has 0 aliphatic heterocycles. The topological polar surface area (TPSA) is 227 Å². The Labute approximate surface area is 353 Å². The molecule has 0 amide bonds. The highest BCUT2D eigenvalue weighted by Gasteiger charge is 2.41. The van der Waals surface area contributed by atoms with Gasteiger partial charge in [0.25, 0.3) is 0 Å². The summed E-state index contributed by atoms with van der Waals surface area (Å²) in [6, 6.07) is 0. The normalized spacial score (nSPS) is 20.9. The van der Waals surface area contributed by atoms with Gasteiger partial charge in [0.1, 0.15) is 18.5 Å². The molecule has 0 radical (unpaired) electrons. The number of esters is 2. The summed E-state index contributed by atoms with van der Waals surface area (Å²) in [5, 5.41) is 49.6. The highest BCUT2D eigenvalue weighted by atomic mass is 31.2. The number of ketones is 1. The molecule has 0 aromatic rings. The Morgan fingerprint density at radius 3 is 2.02 bits per heavy atom. The van der Waals surface area contributed by atoms with E-state index in [9.17, 15) is 44.3 Å². The van der Waals surface area contributed by atoms with Gasteiger partial charge in [0.2, 0.25) is 0 Å². The van der Waals surface area contributed by atoms with E-state index in [0.717, 1.165) is 64.2 Å². The molecule has 6 N–H and O–H groups in total. The molecule has 8 atom stereocenters. The minimum atomic E-state index is -4.71. The molecule has 0 heterocycles. The third kappa shape index (κ3) is 28.8. The van der Waals surface area contributed by atoms with Gasteiger partial charge in [-0.05, 0) is 57.8 Å². The van der Waals surface area contributed by atoms with E-state index in [-0.39, 0.29) is 37.9 Å². The predicted octanol–water partition coefficient (Wildman–Crippen LogP) is 7.12. The second kappa shape index (κ2) is 34.3. The van der Waals surface area contributed by atoms with Crippen LogP contribution >= 0.6 is 7.82 Å². The Kier molecular flexibility index (Phi) is 31.9. The Hall–Kier alpha value is -2.26. The maximum absolute atomic E-state index is 12.8. The van der Waals surface area contributed by atoms with E-state index in [1.165, 1.54) is 19.3 Å². The van der Waals surface area contributed by atoms with Gasteiger partial charge < -0.3 is 39.9 Å². The number of hydrogen-bond acceptors (Lipinski definition) is 13. The van der Waals surface area contributed by atoms with Gasteiger partial charge in [-0.25, -0.2) is 4.57 Å². The molecule has 1 aliphatic carbocycles. The van der Waals surface area contributed by atoms with Gasteiger partial charge in [-0.1, -0.05) is 102 Å². The zero-order valence-electron chi connectivity index (χ0n) is 35.8. The monoisotopic (exact) mass is 861 g/mol. The third-order valence-corrected chi connectivity index (χ3v) is 11.2. The minimum absolute atomic E-state index is 0.0481. The summed E-state index contributed by atoms with van der Waals surface area (Å²) in [6.07, 6.45) is 23.1. The van der Waals surface area contributed by atoms with Gasteiger partial charge in [0.15, 0.2) is 6.10 Å². The first kappa shape index (κ1) is 54.8. The molecule has 0 aromatic carbocycles. The van der Waals surface area contributed by atoms with Crippen LogP contribution in [0.25, 0.3) is 0 Å². The van der Waals surface area contributed by atoms with Crippen molar-refractivity contribution < 1.29 is 67.9 Å². The van der Waals surface area contributed by atoms with Gasteiger partial charge in [-0.3, -0.25) is 23.4 Å². The molecule has 342 valence electrons. The zero-order chi connectivity index (χ0) is 43.7. The van der Waals surface area contributed by atoms with Crippen LogP contribution in [0.3, 0.4) is 0 Å². The molecule has 1 unspecified atom stereocenters. The van der Waals surface area contributed by atoms with Gasteiger partial charge in [-0.15, -0.1) is 0 Å². The van der Waals surface area contributed by atoms with E-state index >= 15 is 0 Å². The van der Waals surface area contributed by atoms with Crippen LogP contribution in [0.15, 0.2) is 36.5 Å². The summed E-state index contributed by atoms with van der Waals surface area (Å²) < 4.78 is 32.6. The fourth-order valence-corrected chi connectivity index (χ4v) is 7.51. The molecule has 14 nitrogen and oxygen atoms in total. The number of phosphoric ester groups is 1. The van der Waals surface area contributed by atoms with E-state index in [1.54, 1.807) is 12.2 Å². The zero-order valence-corrected chi connectivity index (χ0v) is 36.7. The van der Waals surface area contributed by atoms with Crippen molar-refractivity contribution in [3.63, 3.8) is 0 Å². The maximum atomic E-state index is 12.8. The smallest absolute Gasteiger partial charge is 0.462 e. The largest absolute Gasteiger partial charge is 0.472 e. The van der Waals surface area contributed by atoms with Crippen LogP contribution < -0.4 is 0 Å². The number of allylic oxidation sites excluding steroid dienone is 4. The highest BCUT2D eigenvalue weighted by molar-refractivity contribution is 7.47. The molecular weight excluding hydrogens is 783 g/mol. The number of unbranched alkanes of at least 4 members (excludes halogenated alkanes) is 11. The fourth-order valence-electron chi connectivity index (χ4n) is 6.72. The molecule has 0 bridgehead atoms. The lowest BCUT2D eigenvalue weighted by atomic mass is 9.87. The van der Waals surface area contributed by atoms with Crippen LogP contribution in [0.5, 0.6) is 0 Å². The van der Waals surface area contributed by atoms with Gasteiger partial charge in [0, 0.05) is 43.9 Å². The number of ether oxygens (including phenoxy) is 2. The van der Waals surface area contributed by atoms with E-state index in [0.29, 0.717) is 25.7 Å². The van der Waals surface area contributed by atoms with Gasteiger partial charge >= 0.3 is 19.8 Å². The lowest BCUT2D eigenvalue weighted by molar-refractivity contribution is -0.161. The van der Waals surface area contributed by atoms with Crippen molar-refractivity contribution in [3.05, 3.63) is 36.5 Å². The summed E-state index contributed by atoms with van der Waals surface area (Å²) in [5.41, 5.74) is 0. The van der Waals surface area contributed by atoms with Crippen LogP contribution in [0.1, 0.15) is 155 Å². The Bertz CT molecular complexity index is 1260. The quantitative estimate of drug-likeness (QED) is 0.0158. The molecule has 0 aromatic heterocycles. The van der Waals surface area contributed by atoms with Crippen LogP contribution in [-0.2, 0) is 37.5 Å². The number of carbonyl (C=O) groups excluding carboxylic acids is 3. The number of aliphatic hydroxyl groups is 5. The number of rotatable bonds is 37. The maximum Gasteiger partial charge on any atom is 0.472 e. The van der Waals surface area contributed by atoms with Crippen LogP contribution in [0.4, 0.5) is 0 Å². The fraction of sp³-hybridized carbons (Fsp3) is 0.795. The van der Waals surface area contributed by atoms with Crippen molar-refractivity contribution in [2.75, 3.05) is 26.4 Å². The standard InChI is InChI=1S/C44H77O14P/c1-3-5-7-8-9-10-11-12-13-14-15-16-17-18-20-26-44(52)58-38(34-57-59(53,54)56-32-37(48)31-45)33-55-43(51)25-22-21-24-36(47)29-40-39(41(49)30-42(40)50)28-27-35(46)23-19-6-4-2/h9-10,12-13,27-28,35,37-42,45-46,48-50H,3-8,11,14-26,29-34H2,1-2H3,(H,53,54)/b10-9-,13-12-,28-27+/t35-,37-,38+,39+,40+,41+,42-/m0/s1. The van der Waals surface area contributed by atoms with Crippen LogP contribution in [-0.4, -0.2) is 105 Å². The lowest BCUT2D eigenvalue weighted by Crippen LogP contribution is -2.29. The first-order chi connectivity index (χ1) is 28.3. The van der Waals surface area contributed by atoms with Crippen molar-refractivity contribution in [2.45, 2.75) is 186 Å². The summed E-state index contributed by atoms with van der Waals surface area (Å²) in [5.74, 6) is -2.27. The molecule has 0 spiro atoms. The summed E-state index contributed by atoms with van der Waals surface area (Å²) >= 11 is 0. The second-order valence-corrected chi connectivity index (χ2v) is 17.1. The molecule has 0 saturated heterocycles. The Morgan fingerprint density at radius 2 is 1.32 bits per heavy atom. The predicted molar refractivity (Wildman–Crippen MR) is 226 cm³/mol. The van der Waals surface area contributed by atoms with Crippen LogP contribution in [0.2, 0.25) is 0 Å². The number of aliphatic hydroxyl groups excluding tert-OH is 5. The van der Waals surface area contributed by atoms with Crippen molar-refractivity contribution in [1.82, 2.24) is 0 Å². The van der Waals surface area contributed by atoms with Gasteiger partial charge in [0.05, 0.1) is 38.1 Å². The number of Topliss-reactive ketones (excluding diaryl/α,β-unsaturated/α-hetero) is 1. The SMILES string of the molecule is CCCCC/C=C\C/C=C\CCCCCCCC(=O)O[C@H](COC(=O)CCCCC(=O)C[C@@H]1[C@@H](/C=C/[C@@H](O)CCCCC)[C@H](O)C[C@@H]1O)COP(=O)(O)OC[C@@H](O)CO. The van der Waals surface area contributed by atoms with E-state index in [1.807, 2.05) is 0 Å². The van der Waals surface area contributed by atoms with Crippen molar-refractivity contribution in [2.24, 2.45) is 11.8 Å². The second-order valence-electron chi connectivity index (χ2n) is 15.7. The Balaban J connectivity index is 2.50. The number of carbonyl (C=O) groups is 3. The molecule has 59 heavy (non-hydrogen) atoms. The summed E-state index contributed by atoms with van der Waals surface area (Å²) in [4.78, 5) is 48.0. The summed E-state index contributed by atoms with van der Waals surface area (Å²) in [6.45, 7) is 1.79. The number of hydrogen-bond donors (Lipinski definition) is 6. The van der Waals surface area contributed by atoms with E-state index in [4.69, 9.17) is 19.1 Å². The molecule has 1 aliphatic rings. The number of phosphoric acid groups is 1. The van der Waals surface area contributed by atoms with Crippen molar-refractivity contribution >= 4 is 25.5 Å². The van der Waals surface area contributed by atoms with Gasteiger partial charge in [-0.2, -0.15) is 0 Å². The van der Waals surface area contributed by atoms with Crippen molar-refractivity contribution in [3.8, 4) is 0 Å². The first-order valence-electron chi connectivity index (χ1n) is 22.1. The molecule has 15 heteroatoms. The lowest BCUT2D eigenvalue weighted by Gasteiger charge is -2.20. The minimum Gasteiger partial charge on any atom is -0.462 e. The average molecular weight is 861 g/mol. The molecule has 1 rings (SSSR count). The first-order valence-corrected chi connectivity index (χ1v) is 23.6.